The van der Waals surface area contributed by atoms with Crippen LogP contribution < -0.4 is 14.8 Å². The van der Waals surface area contributed by atoms with Gasteiger partial charge in [0.2, 0.25) is 18.6 Å². The third-order valence-electron chi connectivity index (χ3n) is 5.11. The van der Waals surface area contributed by atoms with E-state index in [0.717, 1.165) is 12.0 Å². The maximum absolute atomic E-state index is 12.5. The molecule has 2 aromatic rings. The summed E-state index contributed by atoms with van der Waals surface area (Å²) >= 11 is 1.27. The number of rotatable bonds is 5. The molecule has 8 heteroatoms. The van der Waals surface area contributed by atoms with Gasteiger partial charge in [-0.2, -0.15) is 0 Å². The number of nitrogens with zero attached hydrogens (tertiary/aromatic N) is 2. The average Bonchev–Trinajstić information content (AvgIpc) is 3.32. The number of hydrogen-bond donors (Lipinski definition) is 1. The molecule has 1 aliphatic heterocycles. The molecule has 144 valence electrons. The molecular weight excluding hydrogens is 366 g/mol. The highest BCUT2D eigenvalue weighted by Gasteiger charge is 2.26. The Hall–Kier alpha value is -2.22. The van der Waals surface area contributed by atoms with E-state index in [2.05, 4.69) is 22.4 Å². The van der Waals surface area contributed by atoms with Crippen molar-refractivity contribution in [2.45, 2.75) is 56.0 Å². The first kappa shape index (κ1) is 18.2. The summed E-state index contributed by atoms with van der Waals surface area (Å²) < 4.78 is 16.4. The van der Waals surface area contributed by atoms with E-state index < -0.39 is 0 Å². The van der Waals surface area contributed by atoms with E-state index in [1.165, 1.54) is 31.0 Å². The van der Waals surface area contributed by atoms with Crippen molar-refractivity contribution < 1.29 is 18.7 Å². The van der Waals surface area contributed by atoms with E-state index in [1.807, 2.05) is 25.1 Å². The van der Waals surface area contributed by atoms with Crippen molar-refractivity contribution in [1.82, 2.24) is 15.5 Å². The first-order chi connectivity index (χ1) is 13.1. The third-order valence-corrected chi connectivity index (χ3v) is 6.05. The minimum Gasteiger partial charge on any atom is -0.454 e. The van der Waals surface area contributed by atoms with Crippen molar-refractivity contribution in [3.63, 3.8) is 0 Å². The molecule has 27 heavy (non-hydrogen) atoms. The van der Waals surface area contributed by atoms with E-state index >= 15 is 0 Å². The topological polar surface area (TPSA) is 86.5 Å². The fraction of sp³-hybridized carbons (Fsp3) is 0.526. The Morgan fingerprint density at radius 3 is 2.89 bits per heavy atom. The summed E-state index contributed by atoms with van der Waals surface area (Å²) in [5, 5.41) is 11.4. The Bertz CT molecular complexity index is 825. The van der Waals surface area contributed by atoms with Crippen LogP contribution in [0.3, 0.4) is 0 Å². The van der Waals surface area contributed by atoms with Crippen LogP contribution in [-0.4, -0.2) is 34.2 Å². The highest BCUT2D eigenvalue weighted by molar-refractivity contribution is 8.00. The smallest absolute Gasteiger partial charge is 0.277 e. The molecule has 2 aliphatic rings. The fourth-order valence-corrected chi connectivity index (χ4v) is 4.13. The van der Waals surface area contributed by atoms with Gasteiger partial charge in [0.1, 0.15) is 0 Å². The van der Waals surface area contributed by atoms with Gasteiger partial charge in [0, 0.05) is 11.6 Å². The van der Waals surface area contributed by atoms with E-state index in [-0.39, 0.29) is 24.0 Å². The molecule has 1 N–H and O–H groups in total. The van der Waals surface area contributed by atoms with Gasteiger partial charge in [-0.25, -0.2) is 0 Å². The average molecular weight is 389 g/mol. The number of amides is 1. The van der Waals surface area contributed by atoms with E-state index in [1.54, 1.807) is 0 Å². The van der Waals surface area contributed by atoms with Crippen LogP contribution in [0, 0.1) is 5.92 Å². The second-order valence-electron chi connectivity index (χ2n) is 7.08. The molecular formula is C19H23N3O4S. The quantitative estimate of drug-likeness (QED) is 0.781. The van der Waals surface area contributed by atoms with Crippen LogP contribution >= 0.6 is 11.8 Å². The first-order valence-electron chi connectivity index (χ1n) is 9.30. The maximum atomic E-state index is 12.5. The van der Waals surface area contributed by atoms with Crippen molar-refractivity contribution >= 4 is 17.7 Å². The van der Waals surface area contributed by atoms with Gasteiger partial charge in [0.15, 0.2) is 11.5 Å². The van der Waals surface area contributed by atoms with Crippen LogP contribution in [-0.2, 0) is 4.79 Å². The lowest BCUT2D eigenvalue weighted by molar-refractivity contribution is -0.121. The Balaban J connectivity index is 1.37. The highest BCUT2D eigenvalue weighted by Crippen LogP contribution is 2.36. The van der Waals surface area contributed by atoms with Crippen LogP contribution in [0.1, 0.15) is 39.5 Å². The lowest BCUT2D eigenvalue weighted by atomic mass is 9.86. The number of nitrogens with one attached hydrogen (secondary N) is 1. The second kappa shape index (κ2) is 7.80. The Kier molecular flexibility index (Phi) is 5.24. The summed E-state index contributed by atoms with van der Waals surface area (Å²) in [6.07, 6.45) is 4.66. The second-order valence-corrected chi connectivity index (χ2v) is 8.37. The molecule has 0 unspecified atom stereocenters. The molecule has 1 aliphatic carbocycles. The normalized spacial score (nSPS) is 22.4. The largest absolute Gasteiger partial charge is 0.454 e. The van der Waals surface area contributed by atoms with Crippen LogP contribution in [0.4, 0.5) is 0 Å². The number of benzene rings is 1. The van der Waals surface area contributed by atoms with E-state index in [4.69, 9.17) is 13.9 Å². The van der Waals surface area contributed by atoms with Crippen molar-refractivity contribution in [3.05, 3.63) is 18.2 Å². The number of ether oxygens (including phenoxy) is 2. The van der Waals surface area contributed by atoms with Gasteiger partial charge in [-0.15, -0.1) is 10.2 Å². The molecule has 0 radical (unpaired) electrons. The van der Waals surface area contributed by atoms with Crippen LogP contribution in [0.15, 0.2) is 27.8 Å². The van der Waals surface area contributed by atoms with Gasteiger partial charge in [0.25, 0.3) is 5.22 Å². The zero-order chi connectivity index (χ0) is 18.8. The molecule has 2 heterocycles. The Morgan fingerprint density at radius 1 is 1.22 bits per heavy atom. The van der Waals surface area contributed by atoms with Crippen LogP contribution in [0.2, 0.25) is 0 Å². The molecule has 3 atom stereocenters. The monoisotopic (exact) mass is 389 g/mol. The molecule has 1 aromatic heterocycles. The predicted octanol–water partition coefficient (Wildman–Crippen LogP) is 3.64. The Morgan fingerprint density at radius 2 is 2.04 bits per heavy atom. The zero-order valence-corrected chi connectivity index (χ0v) is 16.3. The fourth-order valence-electron chi connectivity index (χ4n) is 3.44. The van der Waals surface area contributed by atoms with Crippen molar-refractivity contribution in [1.29, 1.82) is 0 Å². The minimum absolute atomic E-state index is 0.0154. The van der Waals surface area contributed by atoms with Gasteiger partial charge >= 0.3 is 0 Å². The van der Waals surface area contributed by atoms with Crippen molar-refractivity contribution in [2.75, 3.05) is 6.79 Å². The SMILES string of the molecule is C[C@@H]1CCCC[C@@H]1NC(=O)[C@@H](C)Sc1nnc(-c2ccc3c(c2)OCO3)o1. The summed E-state index contributed by atoms with van der Waals surface area (Å²) in [7, 11) is 0. The molecule has 0 spiro atoms. The molecule has 0 saturated heterocycles. The van der Waals surface area contributed by atoms with Gasteiger partial charge in [0.05, 0.1) is 5.25 Å². The number of carbonyl (C=O) groups excluding carboxylic acids is 1. The van der Waals surface area contributed by atoms with E-state index in [0.29, 0.717) is 28.5 Å². The molecule has 0 bridgehead atoms. The lowest BCUT2D eigenvalue weighted by Crippen LogP contribution is -2.44. The number of aromatic nitrogens is 2. The van der Waals surface area contributed by atoms with Crippen molar-refractivity contribution in [2.24, 2.45) is 5.92 Å². The predicted molar refractivity (Wildman–Crippen MR) is 101 cm³/mol. The van der Waals surface area contributed by atoms with Gasteiger partial charge in [-0.3, -0.25) is 4.79 Å². The van der Waals surface area contributed by atoms with Gasteiger partial charge in [-0.05, 0) is 43.9 Å². The number of hydrogen-bond acceptors (Lipinski definition) is 7. The lowest BCUT2D eigenvalue weighted by Gasteiger charge is -2.30. The maximum Gasteiger partial charge on any atom is 0.277 e. The molecule has 1 aromatic carbocycles. The summed E-state index contributed by atoms with van der Waals surface area (Å²) in [6.45, 7) is 4.28. The molecule has 1 saturated carbocycles. The molecule has 4 rings (SSSR count). The number of thioether (sulfide) groups is 1. The first-order valence-corrected chi connectivity index (χ1v) is 10.2. The number of fused-ring (bicyclic) bond motifs is 1. The summed E-state index contributed by atoms with van der Waals surface area (Å²) in [6, 6.07) is 5.73. The molecule has 1 amide bonds. The summed E-state index contributed by atoms with van der Waals surface area (Å²) in [5.41, 5.74) is 0.756. The molecule has 7 nitrogen and oxygen atoms in total. The number of carbonyl (C=O) groups is 1. The Labute approximate surface area is 162 Å². The summed E-state index contributed by atoms with van der Waals surface area (Å²) in [5.74, 6) is 2.30. The zero-order valence-electron chi connectivity index (χ0n) is 15.4. The van der Waals surface area contributed by atoms with Crippen molar-refractivity contribution in [3.8, 4) is 23.0 Å². The van der Waals surface area contributed by atoms with E-state index in [9.17, 15) is 4.79 Å². The van der Waals surface area contributed by atoms with Crippen LogP contribution in [0.5, 0.6) is 11.5 Å². The summed E-state index contributed by atoms with van der Waals surface area (Å²) in [4.78, 5) is 12.5. The minimum atomic E-state index is -0.302. The third kappa shape index (κ3) is 4.05. The molecule has 1 fully saturated rings. The standard InChI is InChI=1S/C19H23N3O4S/c1-11-5-3-4-6-14(11)20-17(23)12(2)27-19-22-21-18(26-19)13-7-8-15-16(9-13)25-10-24-15/h7-9,11-12,14H,3-6,10H2,1-2H3,(H,20,23)/t11-,12-,14+/m1/s1. The van der Waals surface area contributed by atoms with Gasteiger partial charge < -0.3 is 19.2 Å². The van der Waals surface area contributed by atoms with Gasteiger partial charge in [-0.1, -0.05) is 31.5 Å². The van der Waals surface area contributed by atoms with Crippen LogP contribution in [0.25, 0.3) is 11.5 Å². The highest BCUT2D eigenvalue weighted by atomic mass is 32.2.